The first-order chi connectivity index (χ1) is 8.72. The summed E-state index contributed by atoms with van der Waals surface area (Å²) in [5.41, 5.74) is 3.48. The molecule has 0 bridgehead atoms. The van der Waals surface area contributed by atoms with Gasteiger partial charge in [0.2, 0.25) is 0 Å². The topological polar surface area (TPSA) is 0 Å². The molecule has 0 aromatic heterocycles. The monoisotopic (exact) mass is 240 g/mol. The van der Waals surface area contributed by atoms with Crippen molar-refractivity contribution in [1.82, 2.24) is 0 Å². The van der Waals surface area contributed by atoms with Gasteiger partial charge >= 0.3 is 0 Å². The van der Waals surface area contributed by atoms with Gasteiger partial charge in [0.15, 0.2) is 0 Å². The largest absolute Gasteiger partial charge is 0.207 e. The van der Waals surface area contributed by atoms with Gasteiger partial charge in [-0.05, 0) is 60.4 Å². The molecule has 0 saturated carbocycles. The standard InChI is InChI=1S/C16H10F2/c17-15-7-5-11-1-2-12-6-8-16(18)10-14(12)4-3-13(11)9-15/h5-10H,3-4H2. The van der Waals surface area contributed by atoms with Crippen LogP contribution in [0.15, 0.2) is 36.4 Å². The van der Waals surface area contributed by atoms with Gasteiger partial charge in [-0.2, -0.15) is 0 Å². The Labute approximate surface area is 104 Å². The Hall–Kier alpha value is -2.14. The summed E-state index contributed by atoms with van der Waals surface area (Å²) in [6, 6.07) is 9.25. The summed E-state index contributed by atoms with van der Waals surface area (Å²) < 4.78 is 26.4. The van der Waals surface area contributed by atoms with E-state index >= 15 is 0 Å². The van der Waals surface area contributed by atoms with E-state index < -0.39 is 0 Å². The van der Waals surface area contributed by atoms with Crippen LogP contribution in [0.3, 0.4) is 0 Å². The summed E-state index contributed by atoms with van der Waals surface area (Å²) in [7, 11) is 0. The van der Waals surface area contributed by atoms with Gasteiger partial charge in [-0.25, -0.2) is 8.78 Å². The zero-order valence-electron chi connectivity index (χ0n) is 9.63. The molecule has 0 radical (unpaired) electrons. The van der Waals surface area contributed by atoms with E-state index in [2.05, 4.69) is 11.8 Å². The van der Waals surface area contributed by atoms with E-state index in [1.807, 2.05) is 0 Å². The lowest BCUT2D eigenvalue weighted by molar-refractivity contribution is 0.622. The van der Waals surface area contributed by atoms with Gasteiger partial charge in [-0.3, -0.25) is 0 Å². The Morgan fingerprint density at radius 2 is 1.17 bits per heavy atom. The zero-order valence-corrected chi connectivity index (χ0v) is 9.63. The van der Waals surface area contributed by atoms with Crippen molar-refractivity contribution in [1.29, 1.82) is 0 Å². The molecule has 2 aromatic carbocycles. The Morgan fingerprint density at radius 3 is 1.61 bits per heavy atom. The van der Waals surface area contributed by atoms with Crippen molar-refractivity contribution in [3.63, 3.8) is 0 Å². The molecule has 2 aromatic rings. The number of hydrogen-bond acceptors (Lipinski definition) is 0. The van der Waals surface area contributed by atoms with E-state index in [1.54, 1.807) is 12.1 Å². The summed E-state index contributed by atoms with van der Waals surface area (Å²) in [4.78, 5) is 0. The molecule has 0 heterocycles. The summed E-state index contributed by atoms with van der Waals surface area (Å²) >= 11 is 0. The van der Waals surface area contributed by atoms with Gasteiger partial charge in [0.05, 0.1) is 0 Å². The maximum atomic E-state index is 13.2. The van der Waals surface area contributed by atoms with Crippen LogP contribution in [0.4, 0.5) is 8.78 Å². The predicted molar refractivity (Wildman–Crippen MR) is 66.2 cm³/mol. The third kappa shape index (κ3) is 2.00. The highest BCUT2D eigenvalue weighted by Gasteiger charge is 2.09. The van der Waals surface area contributed by atoms with E-state index in [1.165, 1.54) is 24.3 Å². The highest BCUT2D eigenvalue weighted by Crippen LogP contribution is 2.19. The number of hydrogen-bond donors (Lipinski definition) is 0. The molecule has 1 aliphatic rings. The first-order valence-corrected chi connectivity index (χ1v) is 5.81. The van der Waals surface area contributed by atoms with Crippen LogP contribution in [0.5, 0.6) is 0 Å². The van der Waals surface area contributed by atoms with Crippen molar-refractivity contribution in [3.8, 4) is 11.8 Å². The van der Waals surface area contributed by atoms with Crippen LogP contribution < -0.4 is 0 Å². The van der Waals surface area contributed by atoms with Gasteiger partial charge in [-0.1, -0.05) is 11.8 Å². The minimum atomic E-state index is -0.254. The molecule has 0 atom stereocenters. The molecule has 0 fully saturated rings. The van der Waals surface area contributed by atoms with Gasteiger partial charge < -0.3 is 0 Å². The first-order valence-electron chi connectivity index (χ1n) is 5.81. The average molecular weight is 240 g/mol. The number of fused-ring (bicyclic) bond motifs is 2. The molecular weight excluding hydrogens is 230 g/mol. The van der Waals surface area contributed by atoms with Crippen LogP contribution >= 0.6 is 0 Å². The van der Waals surface area contributed by atoms with E-state index in [9.17, 15) is 8.78 Å². The Kier molecular flexibility index (Phi) is 2.60. The minimum absolute atomic E-state index is 0.254. The fraction of sp³-hybridized carbons (Fsp3) is 0.125. The summed E-state index contributed by atoms with van der Waals surface area (Å²) in [5, 5.41) is 0. The summed E-state index contributed by atoms with van der Waals surface area (Å²) in [6.45, 7) is 0. The van der Waals surface area contributed by atoms with Crippen molar-refractivity contribution in [2.45, 2.75) is 12.8 Å². The molecule has 0 amide bonds. The highest BCUT2D eigenvalue weighted by molar-refractivity contribution is 5.51. The van der Waals surface area contributed by atoms with Crippen molar-refractivity contribution in [2.24, 2.45) is 0 Å². The molecule has 0 unspecified atom stereocenters. The lowest BCUT2D eigenvalue weighted by Gasteiger charge is -2.10. The molecule has 2 heteroatoms. The van der Waals surface area contributed by atoms with Crippen LogP contribution in [0.1, 0.15) is 22.3 Å². The number of halogens is 2. The quantitative estimate of drug-likeness (QED) is 0.618. The van der Waals surface area contributed by atoms with Crippen LogP contribution in [0, 0.1) is 23.5 Å². The number of benzene rings is 2. The van der Waals surface area contributed by atoms with Crippen molar-refractivity contribution >= 4 is 0 Å². The maximum absolute atomic E-state index is 13.2. The molecule has 0 nitrogen and oxygen atoms in total. The van der Waals surface area contributed by atoms with Crippen molar-refractivity contribution in [2.75, 3.05) is 0 Å². The number of rotatable bonds is 0. The Morgan fingerprint density at radius 1 is 0.722 bits per heavy atom. The van der Waals surface area contributed by atoms with Crippen molar-refractivity contribution in [3.05, 3.63) is 70.3 Å². The first kappa shape index (κ1) is 11.0. The van der Waals surface area contributed by atoms with Crippen LogP contribution in [0.25, 0.3) is 0 Å². The second kappa shape index (κ2) is 4.27. The SMILES string of the molecule is Fc1ccc2c(c1)CCc1cc(F)ccc1C#C2. The van der Waals surface area contributed by atoms with Crippen LogP contribution in [0.2, 0.25) is 0 Å². The summed E-state index contributed by atoms with van der Waals surface area (Å²) in [5.74, 6) is 5.55. The van der Waals surface area contributed by atoms with Gasteiger partial charge in [-0.15, -0.1) is 0 Å². The molecule has 88 valence electrons. The lowest BCUT2D eigenvalue weighted by atomic mass is 9.94. The van der Waals surface area contributed by atoms with E-state index in [4.69, 9.17) is 0 Å². The van der Waals surface area contributed by atoms with Crippen LogP contribution in [-0.4, -0.2) is 0 Å². The molecule has 1 aliphatic carbocycles. The van der Waals surface area contributed by atoms with Crippen molar-refractivity contribution < 1.29 is 8.78 Å². The molecule has 0 saturated heterocycles. The molecule has 0 spiro atoms. The Bertz CT molecular complexity index is 618. The summed E-state index contributed by atoms with van der Waals surface area (Å²) in [6.07, 6.45) is 1.36. The zero-order chi connectivity index (χ0) is 12.5. The lowest BCUT2D eigenvalue weighted by Crippen LogP contribution is -2.01. The number of aryl methyl sites for hydroxylation is 2. The highest BCUT2D eigenvalue weighted by atomic mass is 19.1. The van der Waals surface area contributed by atoms with Gasteiger partial charge in [0.1, 0.15) is 11.6 Å². The fourth-order valence-corrected chi connectivity index (χ4v) is 2.19. The molecule has 0 aliphatic heterocycles. The maximum Gasteiger partial charge on any atom is 0.123 e. The normalized spacial score (nSPS) is 12.6. The molecule has 3 rings (SSSR count). The second-order valence-electron chi connectivity index (χ2n) is 4.35. The van der Waals surface area contributed by atoms with Gasteiger partial charge in [0.25, 0.3) is 0 Å². The van der Waals surface area contributed by atoms with E-state index in [0.717, 1.165) is 22.3 Å². The molecule has 18 heavy (non-hydrogen) atoms. The molecule has 0 N–H and O–H groups in total. The third-order valence-corrected chi connectivity index (χ3v) is 3.13. The van der Waals surface area contributed by atoms with E-state index in [-0.39, 0.29) is 11.6 Å². The smallest absolute Gasteiger partial charge is 0.123 e. The third-order valence-electron chi connectivity index (χ3n) is 3.13. The molecular formula is C16H10F2. The fourth-order valence-electron chi connectivity index (χ4n) is 2.19. The minimum Gasteiger partial charge on any atom is -0.207 e. The van der Waals surface area contributed by atoms with Crippen LogP contribution in [-0.2, 0) is 12.8 Å². The second-order valence-corrected chi connectivity index (χ2v) is 4.35. The Balaban J connectivity index is 2.13. The van der Waals surface area contributed by atoms with Gasteiger partial charge in [0, 0.05) is 11.1 Å². The predicted octanol–water partition coefficient (Wildman–Crippen LogP) is 3.46. The average Bonchev–Trinajstić information content (AvgIpc) is 2.34. The van der Waals surface area contributed by atoms with E-state index in [0.29, 0.717) is 12.8 Å².